The van der Waals surface area contributed by atoms with Crippen molar-refractivity contribution in [2.75, 3.05) is 26.0 Å². The first-order valence-corrected chi connectivity index (χ1v) is 8.16. The molecule has 2 amide bonds. The first-order valence-electron chi connectivity index (χ1n) is 7.34. The van der Waals surface area contributed by atoms with Crippen molar-refractivity contribution in [2.24, 2.45) is 0 Å². The number of carbonyl (C=O) groups excluding carboxylic acids is 2. The zero-order chi connectivity index (χ0) is 17.3. The molecule has 1 aromatic heterocycles. The molecule has 1 unspecified atom stereocenters. The normalized spacial score (nSPS) is 15.7. The Balaban J connectivity index is 1.70. The van der Waals surface area contributed by atoms with Gasteiger partial charge in [-0.2, -0.15) is 0 Å². The Kier molecular flexibility index (Phi) is 4.39. The molecule has 0 saturated heterocycles. The van der Waals surface area contributed by atoms with Gasteiger partial charge in [0.15, 0.2) is 16.6 Å². The molecule has 1 aromatic carbocycles. The lowest BCUT2D eigenvalue weighted by Crippen LogP contribution is -2.40. The summed E-state index contributed by atoms with van der Waals surface area (Å²) in [6, 6.07) is 7.18. The SMILES string of the molecule is Cc1nc(NC(=O)C2COc3ccccc3O2)sc1C(=O)N(C)C. The third-order valence-electron chi connectivity index (χ3n) is 3.43. The standard InChI is InChI=1S/C16H17N3O4S/c1-9-13(15(21)19(2)3)24-16(17-9)18-14(20)12-8-22-10-6-4-5-7-11(10)23-12/h4-7,12H,8H2,1-3H3,(H,17,18,20). The summed E-state index contributed by atoms with van der Waals surface area (Å²) < 4.78 is 11.2. The number of aryl methyl sites for hydroxylation is 1. The van der Waals surface area contributed by atoms with Crippen LogP contribution in [0.2, 0.25) is 0 Å². The number of para-hydroxylation sites is 2. The molecule has 126 valence electrons. The predicted molar refractivity (Wildman–Crippen MR) is 89.9 cm³/mol. The van der Waals surface area contributed by atoms with Crippen LogP contribution in [0.25, 0.3) is 0 Å². The molecule has 8 heteroatoms. The maximum Gasteiger partial charge on any atom is 0.270 e. The molecule has 1 N–H and O–H groups in total. The van der Waals surface area contributed by atoms with E-state index in [1.54, 1.807) is 33.2 Å². The average molecular weight is 347 g/mol. The minimum atomic E-state index is -0.767. The number of rotatable bonds is 3. The molecule has 0 radical (unpaired) electrons. The van der Waals surface area contributed by atoms with Gasteiger partial charge in [0.05, 0.1) is 5.69 Å². The predicted octanol–water partition coefficient (Wildman–Crippen LogP) is 1.93. The molecule has 3 rings (SSSR count). The number of hydrogen-bond acceptors (Lipinski definition) is 6. The largest absolute Gasteiger partial charge is 0.485 e. The van der Waals surface area contributed by atoms with Crippen LogP contribution in [0.3, 0.4) is 0 Å². The Labute approximate surface area is 143 Å². The van der Waals surface area contributed by atoms with Gasteiger partial charge in [-0.05, 0) is 19.1 Å². The van der Waals surface area contributed by atoms with Crippen molar-refractivity contribution in [1.82, 2.24) is 9.88 Å². The van der Waals surface area contributed by atoms with Crippen molar-refractivity contribution in [2.45, 2.75) is 13.0 Å². The highest BCUT2D eigenvalue weighted by atomic mass is 32.1. The number of nitrogens with one attached hydrogen (secondary N) is 1. The molecule has 2 aromatic rings. The van der Waals surface area contributed by atoms with Gasteiger partial charge in [0.2, 0.25) is 6.10 Å². The summed E-state index contributed by atoms with van der Waals surface area (Å²) in [7, 11) is 3.34. The van der Waals surface area contributed by atoms with E-state index in [2.05, 4.69) is 10.3 Å². The maximum absolute atomic E-state index is 12.4. The van der Waals surface area contributed by atoms with Crippen LogP contribution in [0.15, 0.2) is 24.3 Å². The summed E-state index contributed by atoms with van der Waals surface area (Å²) in [5.41, 5.74) is 0.583. The van der Waals surface area contributed by atoms with Crippen LogP contribution in [0.4, 0.5) is 5.13 Å². The molecule has 2 heterocycles. The van der Waals surface area contributed by atoms with Crippen molar-refractivity contribution >= 4 is 28.3 Å². The van der Waals surface area contributed by atoms with Crippen molar-refractivity contribution < 1.29 is 19.1 Å². The highest BCUT2D eigenvalue weighted by molar-refractivity contribution is 7.17. The van der Waals surface area contributed by atoms with E-state index in [9.17, 15) is 9.59 Å². The van der Waals surface area contributed by atoms with Crippen molar-refractivity contribution in [1.29, 1.82) is 0 Å². The number of nitrogens with zero attached hydrogens (tertiary/aromatic N) is 2. The quantitative estimate of drug-likeness (QED) is 0.918. The number of carbonyl (C=O) groups is 2. The second-order valence-corrected chi connectivity index (χ2v) is 6.49. The van der Waals surface area contributed by atoms with Crippen LogP contribution in [0.5, 0.6) is 11.5 Å². The van der Waals surface area contributed by atoms with E-state index in [-0.39, 0.29) is 18.4 Å². The summed E-state index contributed by atoms with van der Waals surface area (Å²) in [6.07, 6.45) is -0.767. The third-order valence-corrected chi connectivity index (χ3v) is 4.49. The van der Waals surface area contributed by atoms with Gasteiger partial charge in [-0.1, -0.05) is 23.5 Å². The molecule has 7 nitrogen and oxygen atoms in total. The molecular weight excluding hydrogens is 330 g/mol. The Morgan fingerprint density at radius 1 is 1.29 bits per heavy atom. The Morgan fingerprint density at radius 3 is 2.71 bits per heavy atom. The molecule has 1 aliphatic rings. The summed E-state index contributed by atoms with van der Waals surface area (Å²) in [6.45, 7) is 1.86. The number of aromatic nitrogens is 1. The zero-order valence-electron chi connectivity index (χ0n) is 13.5. The number of anilines is 1. The van der Waals surface area contributed by atoms with Gasteiger partial charge in [-0.3, -0.25) is 14.9 Å². The molecule has 0 aliphatic carbocycles. The number of fused-ring (bicyclic) bond motifs is 1. The van der Waals surface area contributed by atoms with Gasteiger partial charge in [-0.15, -0.1) is 0 Å². The Hall–Kier alpha value is -2.61. The molecule has 0 bridgehead atoms. The van der Waals surface area contributed by atoms with Gasteiger partial charge in [0.1, 0.15) is 11.5 Å². The fraction of sp³-hybridized carbons (Fsp3) is 0.312. The highest BCUT2D eigenvalue weighted by Gasteiger charge is 2.28. The van der Waals surface area contributed by atoms with E-state index in [4.69, 9.17) is 9.47 Å². The maximum atomic E-state index is 12.4. The second kappa shape index (κ2) is 6.48. The fourth-order valence-corrected chi connectivity index (χ4v) is 3.18. The van der Waals surface area contributed by atoms with Gasteiger partial charge in [0.25, 0.3) is 11.8 Å². The monoisotopic (exact) mass is 347 g/mol. The number of thiazole rings is 1. The minimum Gasteiger partial charge on any atom is -0.485 e. The van der Waals surface area contributed by atoms with Crippen LogP contribution in [0.1, 0.15) is 15.4 Å². The van der Waals surface area contributed by atoms with E-state index in [1.807, 2.05) is 12.1 Å². The van der Waals surface area contributed by atoms with E-state index >= 15 is 0 Å². The molecular formula is C16H17N3O4S. The van der Waals surface area contributed by atoms with E-state index in [1.165, 1.54) is 4.90 Å². The van der Waals surface area contributed by atoms with Crippen LogP contribution in [-0.2, 0) is 4.79 Å². The van der Waals surface area contributed by atoms with Gasteiger partial charge >= 0.3 is 0 Å². The third kappa shape index (κ3) is 3.18. The Morgan fingerprint density at radius 2 is 2.00 bits per heavy atom. The van der Waals surface area contributed by atoms with E-state index in [0.717, 1.165) is 11.3 Å². The summed E-state index contributed by atoms with van der Waals surface area (Å²) >= 11 is 1.14. The van der Waals surface area contributed by atoms with Crippen molar-refractivity contribution in [3.05, 3.63) is 34.8 Å². The molecule has 1 aliphatic heterocycles. The van der Waals surface area contributed by atoms with Crippen LogP contribution in [-0.4, -0.2) is 48.5 Å². The molecule has 0 saturated carbocycles. The van der Waals surface area contributed by atoms with Crippen LogP contribution in [0, 0.1) is 6.92 Å². The first-order chi connectivity index (χ1) is 11.5. The molecule has 0 spiro atoms. The topological polar surface area (TPSA) is 80.8 Å². The molecule has 0 fully saturated rings. The van der Waals surface area contributed by atoms with Crippen LogP contribution < -0.4 is 14.8 Å². The van der Waals surface area contributed by atoms with E-state index in [0.29, 0.717) is 27.2 Å². The number of ether oxygens (including phenoxy) is 2. The van der Waals surface area contributed by atoms with Gasteiger partial charge < -0.3 is 14.4 Å². The van der Waals surface area contributed by atoms with Crippen LogP contribution >= 0.6 is 11.3 Å². The van der Waals surface area contributed by atoms with E-state index < -0.39 is 6.10 Å². The first kappa shape index (κ1) is 16.3. The number of hydrogen-bond donors (Lipinski definition) is 1. The lowest BCUT2D eigenvalue weighted by molar-refractivity contribution is -0.125. The zero-order valence-corrected chi connectivity index (χ0v) is 14.3. The smallest absolute Gasteiger partial charge is 0.270 e. The van der Waals surface area contributed by atoms with Gasteiger partial charge in [-0.25, -0.2) is 4.98 Å². The Bertz CT molecular complexity index is 787. The lowest BCUT2D eigenvalue weighted by atomic mass is 10.2. The summed E-state index contributed by atoms with van der Waals surface area (Å²) in [4.78, 5) is 30.6. The molecule has 24 heavy (non-hydrogen) atoms. The van der Waals surface area contributed by atoms with Crippen molar-refractivity contribution in [3.8, 4) is 11.5 Å². The fourth-order valence-electron chi connectivity index (χ4n) is 2.19. The van der Waals surface area contributed by atoms with Gasteiger partial charge in [0, 0.05) is 14.1 Å². The number of amides is 2. The summed E-state index contributed by atoms with van der Waals surface area (Å²) in [5, 5.41) is 3.06. The summed E-state index contributed by atoms with van der Waals surface area (Å²) in [5.74, 6) is 0.645. The number of benzene rings is 1. The lowest BCUT2D eigenvalue weighted by Gasteiger charge is -2.25. The molecule has 1 atom stereocenters. The second-order valence-electron chi connectivity index (χ2n) is 5.49. The van der Waals surface area contributed by atoms with Crippen molar-refractivity contribution in [3.63, 3.8) is 0 Å². The highest BCUT2D eigenvalue weighted by Crippen LogP contribution is 2.31. The minimum absolute atomic E-state index is 0.122. The average Bonchev–Trinajstić information content (AvgIpc) is 2.93.